The summed E-state index contributed by atoms with van der Waals surface area (Å²) in [5.41, 5.74) is 2.03. The number of nitrogens with zero attached hydrogens (tertiary/aromatic N) is 3. The van der Waals surface area contributed by atoms with Gasteiger partial charge >= 0.3 is 0 Å². The Morgan fingerprint density at radius 1 is 1.25 bits per heavy atom. The molecule has 2 atom stereocenters. The molecule has 1 heterocycles. The number of aryl methyl sites for hydroxylation is 2. The fraction of sp³-hybridized carbons (Fsp3) is 0.750. The summed E-state index contributed by atoms with van der Waals surface area (Å²) in [6.45, 7) is 7.14. The minimum absolute atomic E-state index is 0. The van der Waals surface area contributed by atoms with Crippen LogP contribution in [-0.4, -0.2) is 48.6 Å². The van der Waals surface area contributed by atoms with Crippen molar-refractivity contribution in [3.05, 3.63) is 17.0 Å². The minimum atomic E-state index is 0. The van der Waals surface area contributed by atoms with Gasteiger partial charge in [-0.3, -0.25) is 4.79 Å². The fourth-order valence-electron chi connectivity index (χ4n) is 3.45. The van der Waals surface area contributed by atoms with Crippen LogP contribution in [0.25, 0.3) is 0 Å². The first-order valence-corrected chi connectivity index (χ1v) is 10.2. The molecule has 1 aromatic rings. The molecule has 0 aromatic carbocycles. The Balaban J connectivity index is 0.00000392. The smallest absolute Gasteiger partial charge is 0.241 e. The van der Waals surface area contributed by atoms with Gasteiger partial charge in [-0.05, 0) is 25.2 Å². The third-order valence-corrected chi connectivity index (χ3v) is 5.34. The molecular weight excluding hydrogens is 469 g/mol. The average Bonchev–Trinajstić information content (AvgIpc) is 3.07. The molecule has 1 aliphatic carbocycles. The fourth-order valence-corrected chi connectivity index (χ4v) is 3.45. The van der Waals surface area contributed by atoms with Crippen LogP contribution in [0.1, 0.15) is 63.5 Å². The van der Waals surface area contributed by atoms with Crippen LogP contribution in [0.2, 0.25) is 0 Å². The molecule has 2 N–H and O–H groups in total. The Labute approximate surface area is 186 Å². The zero-order valence-corrected chi connectivity index (χ0v) is 20.2. The van der Waals surface area contributed by atoms with Crippen LogP contribution in [0.5, 0.6) is 0 Å². The van der Waals surface area contributed by atoms with Crippen LogP contribution < -0.4 is 10.6 Å². The largest absolute Gasteiger partial charge is 0.361 e. The quantitative estimate of drug-likeness (QED) is 0.338. The first-order chi connectivity index (χ1) is 13.0. The topological polar surface area (TPSA) is 82.8 Å². The Bertz CT molecular complexity index is 623. The lowest BCUT2D eigenvalue weighted by atomic mass is 9.86. The number of likely N-dealkylation sites (N-methyl/N-ethyl adjacent to an activating group) is 1. The first kappa shape index (κ1) is 24.7. The van der Waals surface area contributed by atoms with Crippen molar-refractivity contribution in [1.29, 1.82) is 0 Å². The maximum absolute atomic E-state index is 12.0. The Hall–Kier alpha value is -1.32. The SMILES string of the molecule is CCc1noc(CC)c1CN=C(NCC(=O)N(C)C)NC1CCCCC1C.I. The number of aliphatic imine (C=N–C) groups is 1. The van der Waals surface area contributed by atoms with Crippen LogP contribution >= 0.6 is 24.0 Å². The predicted octanol–water partition coefficient (Wildman–Crippen LogP) is 3.12. The van der Waals surface area contributed by atoms with E-state index in [0.717, 1.165) is 36.3 Å². The summed E-state index contributed by atoms with van der Waals surface area (Å²) in [5, 5.41) is 10.9. The number of rotatable bonds is 7. The van der Waals surface area contributed by atoms with Crippen LogP contribution in [0, 0.1) is 5.92 Å². The molecule has 8 heteroatoms. The molecule has 0 saturated heterocycles. The second kappa shape index (κ2) is 12.3. The Kier molecular flexibility index (Phi) is 10.8. The molecule has 2 rings (SSSR count). The van der Waals surface area contributed by atoms with E-state index in [1.165, 1.54) is 19.3 Å². The number of amides is 1. The number of guanidine groups is 1. The zero-order chi connectivity index (χ0) is 19.8. The van der Waals surface area contributed by atoms with Crippen molar-refractivity contribution in [3.8, 4) is 0 Å². The molecule has 1 aromatic heterocycles. The van der Waals surface area contributed by atoms with Crippen LogP contribution in [-0.2, 0) is 24.2 Å². The summed E-state index contributed by atoms with van der Waals surface area (Å²) in [5.74, 6) is 2.21. The van der Waals surface area contributed by atoms with Gasteiger partial charge in [0.25, 0.3) is 0 Å². The van der Waals surface area contributed by atoms with Crippen molar-refractivity contribution in [3.63, 3.8) is 0 Å². The van der Waals surface area contributed by atoms with Gasteiger partial charge in [-0.2, -0.15) is 0 Å². The summed E-state index contributed by atoms with van der Waals surface area (Å²) in [7, 11) is 3.52. The van der Waals surface area contributed by atoms with Crippen molar-refractivity contribution in [2.45, 2.75) is 71.9 Å². The van der Waals surface area contributed by atoms with Crippen molar-refractivity contribution in [1.82, 2.24) is 20.7 Å². The molecule has 0 spiro atoms. The third kappa shape index (κ3) is 6.93. The molecule has 0 radical (unpaired) electrons. The van der Waals surface area contributed by atoms with Gasteiger partial charge in [0.05, 0.1) is 18.8 Å². The molecule has 7 nitrogen and oxygen atoms in total. The van der Waals surface area contributed by atoms with Crippen molar-refractivity contribution in [2.75, 3.05) is 20.6 Å². The second-order valence-electron chi connectivity index (χ2n) is 7.56. The van der Waals surface area contributed by atoms with Gasteiger partial charge in [-0.1, -0.05) is 38.8 Å². The highest BCUT2D eigenvalue weighted by Gasteiger charge is 2.22. The Morgan fingerprint density at radius 3 is 2.57 bits per heavy atom. The summed E-state index contributed by atoms with van der Waals surface area (Å²) in [4.78, 5) is 18.3. The van der Waals surface area contributed by atoms with E-state index < -0.39 is 0 Å². The normalized spacial score (nSPS) is 19.7. The van der Waals surface area contributed by atoms with Gasteiger partial charge in [0.2, 0.25) is 5.91 Å². The number of carbonyl (C=O) groups excluding carboxylic acids is 1. The van der Waals surface area contributed by atoms with E-state index in [-0.39, 0.29) is 36.4 Å². The van der Waals surface area contributed by atoms with Crippen LogP contribution in [0.3, 0.4) is 0 Å². The van der Waals surface area contributed by atoms with E-state index in [4.69, 9.17) is 9.52 Å². The van der Waals surface area contributed by atoms with E-state index in [0.29, 0.717) is 24.5 Å². The summed E-state index contributed by atoms with van der Waals surface area (Å²) in [6.07, 6.45) is 6.51. The first-order valence-electron chi connectivity index (χ1n) is 10.2. The highest BCUT2D eigenvalue weighted by Crippen LogP contribution is 2.23. The maximum atomic E-state index is 12.0. The molecular formula is C20H36IN5O2. The van der Waals surface area contributed by atoms with E-state index >= 15 is 0 Å². The van der Waals surface area contributed by atoms with Crippen LogP contribution in [0.4, 0.5) is 0 Å². The minimum Gasteiger partial charge on any atom is -0.361 e. The van der Waals surface area contributed by atoms with E-state index in [9.17, 15) is 4.79 Å². The molecule has 1 amide bonds. The number of carbonyl (C=O) groups is 1. The summed E-state index contributed by atoms with van der Waals surface area (Å²) >= 11 is 0. The van der Waals surface area contributed by atoms with Crippen molar-refractivity contribution in [2.24, 2.45) is 10.9 Å². The predicted molar refractivity (Wildman–Crippen MR) is 123 cm³/mol. The van der Waals surface area contributed by atoms with Crippen LogP contribution in [0.15, 0.2) is 9.52 Å². The number of hydrogen-bond acceptors (Lipinski definition) is 4. The Morgan fingerprint density at radius 2 is 1.96 bits per heavy atom. The highest BCUT2D eigenvalue weighted by molar-refractivity contribution is 14.0. The number of aromatic nitrogens is 1. The summed E-state index contributed by atoms with van der Waals surface area (Å²) in [6, 6.07) is 0.387. The van der Waals surface area contributed by atoms with Gasteiger partial charge in [-0.15, -0.1) is 24.0 Å². The van der Waals surface area contributed by atoms with Crippen molar-refractivity contribution < 1.29 is 9.32 Å². The lowest BCUT2D eigenvalue weighted by Crippen LogP contribution is -2.49. The average molecular weight is 505 g/mol. The molecule has 1 saturated carbocycles. The molecule has 1 aliphatic rings. The lowest BCUT2D eigenvalue weighted by molar-refractivity contribution is -0.127. The lowest BCUT2D eigenvalue weighted by Gasteiger charge is -2.31. The van der Waals surface area contributed by atoms with Gasteiger partial charge in [0, 0.05) is 32.1 Å². The standard InChI is InChI=1S/C20H35N5O2.HI/c1-6-16-15(18(7-2)27-24-16)12-21-20(22-13-19(26)25(4)5)23-17-11-9-8-10-14(17)3;/h14,17H,6-13H2,1-5H3,(H2,21,22,23);1H. The highest BCUT2D eigenvalue weighted by atomic mass is 127. The second-order valence-corrected chi connectivity index (χ2v) is 7.56. The van der Waals surface area contributed by atoms with Gasteiger partial charge in [-0.25, -0.2) is 4.99 Å². The monoisotopic (exact) mass is 505 g/mol. The molecule has 1 fully saturated rings. The van der Waals surface area contributed by atoms with E-state index in [1.54, 1.807) is 19.0 Å². The molecule has 0 bridgehead atoms. The van der Waals surface area contributed by atoms with E-state index in [1.807, 2.05) is 0 Å². The van der Waals surface area contributed by atoms with E-state index in [2.05, 4.69) is 36.6 Å². The molecule has 28 heavy (non-hydrogen) atoms. The number of halogens is 1. The van der Waals surface area contributed by atoms with Gasteiger partial charge in [0.1, 0.15) is 5.76 Å². The number of nitrogens with one attached hydrogen (secondary N) is 2. The molecule has 2 unspecified atom stereocenters. The molecule has 160 valence electrons. The van der Waals surface area contributed by atoms with Gasteiger partial charge in [0.15, 0.2) is 5.96 Å². The zero-order valence-electron chi connectivity index (χ0n) is 17.9. The molecule has 0 aliphatic heterocycles. The van der Waals surface area contributed by atoms with Gasteiger partial charge < -0.3 is 20.1 Å². The third-order valence-electron chi connectivity index (χ3n) is 5.34. The summed E-state index contributed by atoms with van der Waals surface area (Å²) < 4.78 is 5.44. The maximum Gasteiger partial charge on any atom is 0.241 e. The number of hydrogen-bond donors (Lipinski definition) is 2. The van der Waals surface area contributed by atoms with Crippen molar-refractivity contribution >= 4 is 35.8 Å².